The predicted octanol–water partition coefficient (Wildman–Crippen LogP) is 2.37. The Labute approximate surface area is 128 Å². The number of H-pyrrole nitrogens is 1. The maximum atomic E-state index is 11.7. The topological polar surface area (TPSA) is 75.6 Å². The van der Waals surface area contributed by atoms with Crippen LogP contribution in [0.5, 0.6) is 0 Å². The summed E-state index contributed by atoms with van der Waals surface area (Å²) < 4.78 is 1.64. The van der Waals surface area contributed by atoms with Crippen molar-refractivity contribution in [2.45, 2.75) is 49.3 Å². The standard InChI is InChI=1S/C14H21N5OS/c1-5-11(15-4)12-7-6-10(8-16-12)21-14-18-17-13(20)19(14)9(2)3/h6-9,11,15H,5H2,1-4H3,(H,17,20). The third-order valence-electron chi connectivity index (χ3n) is 3.27. The number of pyridine rings is 1. The quantitative estimate of drug-likeness (QED) is 0.857. The molecule has 2 heterocycles. The molecule has 0 saturated heterocycles. The first-order valence-corrected chi connectivity index (χ1v) is 7.86. The highest BCUT2D eigenvalue weighted by molar-refractivity contribution is 7.99. The van der Waals surface area contributed by atoms with Crippen LogP contribution >= 0.6 is 11.8 Å². The molecule has 0 saturated carbocycles. The smallest absolute Gasteiger partial charge is 0.312 e. The van der Waals surface area contributed by atoms with Gasteiger partial charge in [-0.1, -0.05) is 6.92 Å². The van der Waals surface area contributed by atoms with Crippen molar-refractivity contribution < 1.29 is 0 Å². The van der Waals surface area contributed by atoms with Gasteiger partial charge in [0.15, 0.2) is 5.16 Å². The predicted molar refractivity (Wildman–Crippen MR) is 83.7 cm³/mol. The highest BCUT2D eigenvalue weighted by Crippen LogP contribution is 2.26. The fraction of sp³-hybridized carbons (Fsp3) is 0.500. The number of aromatic nitrogens is 4. The Kier molecular flexibility index (Phi) is 5.19. The van der Waals surface area contributed by atoms with Crippen molar-refractivity contribution in [2.75, 3.05) is 7.05 Å². The van der Waals surface area contributed by atoms with Gasteiger partial charge in [-0.15, -0.1) is 5.10 Å². The third kappa shape index (κ3) is 3.54. The van der Waals surface area contributed by atoms with Crippen LogP contribution in [0.3, 0.4) is 0 Å². The molecule has 0 aliphatic heterocycles. The molecule has 0 amide bonds. The fourth-order valence-electron chi connectivity index (χ4n) is 2.14. The van der Waals surface area contributed by atoms with Gasteiger partial charge < -0.3 is 5.32 Å². The van der Waals surface area contributed by atoms with Gasteiger partial charge in [-0.2, -0.15) is 0 Å². The van der Waals surface area contributed by atoms with Gasteiger partial charge >= 0.3 is 5.69 Å². The molecule has 6 nitrogen and oxygen atoms in total. The number of nitrogens with zero attached hydrogens (tertiary/aromatic N) is 3. The Balaban J connectivity index is 2.19. The van der Waals surface area contributed by atoms with Crippen molar-refractivity contribution in [1.82, 2.24) is 25.1 Å². The minimum Gasteiger partial charge on any atom is -0.312 e. The summed E-state index contributed by atoms with van der Waals surface area (Å²) in [6.07, 6.45) is 2.81. The monoisotopic (exact) mass is 307 g/mol. The van der Waals surface area contributed by atoms with Crippen LogP contribution in [0.15, 0.2) is 33.2 Å². The van der Waals surface area contributed by atoms with E-state index in [2.05, 4.69) is 27.4 Å². The van der Waals surface area contributed by atoms with Crippen LogP contribution in [-0.4, -0.2) is 26.8 Å². The number of hydrogen-bond acceptors (Lipinski definition) is 5. The maximum absolute atomic E-state index is 11.7. The molecule has 1 atom stereocenters. The molecule has 114 valence electrons. The number of rotatable bonds is 6. The van der Waals surface area contributed by atoms with E-state index in [0.717, 1.165) is 17.0 Å². The van der Waals surface area contributed by atoms with Gasteiger partial charge in [0.2, 0.25) is 0 Å². The van der Waals surface area contributed by atoms with Crippen molar-refractivity contribution in [3.63, 3.8) is 0 Å². The molecule has 0 bridgehead atoms. The minimum absolute atomic E-state index is 0.0692. The van der Waals surface area contributed by atoms with Gasteiger partial charge in [0, 0.05) is 23.2 Å². The van der Waals surface area contributed by atoms with E-state index < -0.39 is 0 Å². The molecule has 2 N–H and O–H groups in total. The van der Waals surface area contributed by atoms with Crippen LogP contribution in [-0.2, 0) is 0 Å². The first-order valence-electron chi connectivity index (χ1n) is 7.04. The minimum atomic E-state index is -0.182. The first kappa shape index (κ1) is 15.8. The van der Waals surface area contributed by atoms with Gasteiger partial charge in [0.05, 0.1) is 5.69 Å². The molecule has 0 aliphatic carbocycles. The average Bonchev–Trinajstić information content (AvgIpc) is 2.83. The van der Waals surface area contributed by atoms with Crippen LogP contribution in [0, 0.1) is 0 Å². The molecule has 0 fully saturated rings. The SMILES string of the molecule is CCC(NC)c1ccc(Sc2n[nH]c(=O)n2C(C)C)cn1. The van der Waals surface area contributed by atoms with Crippen molar-refractivity contribution in [1.29, 1.82) is 0 Å². The summed E-state index contributed by atoms with van der Waals surface area (Å²) in [6, 6.07) is 4.36. The fourth-order valence-corrected chi connectivity index (χ4v) is 3.08. The summed E-state index contributed by atoms with van der Waals surface area (Å²) >= 11 is 1.44. The molecule has 2 aromatic heterocycles. The molecular formula is C14H21N5OS. The van der Waals surface area contributed by atoms with Crippen molar-refractivity contribution >= 4 is 11.8 Å². The molecule has 7 heteroatoms. The Morgan fingerprint density at radius 1 is 1.43 bits per heavy atom. The van der Waals surface area contributed by atoms with Crippen LogP contribution < -0.4 is 11.0 Å². The highest BCUT2D eigenvalue weighted by atomic mass is 32.2. The van der Waals surface area contributed by atoms with Crippen LogP contribution in [0.25, 0.3) is 0 Å². The molecule has 2 rings (SSSR count). The van der Waals surface area contributed by atoms with E-state index in [1.165, 1.54) is 11.8 Å². The van der Waals surface area contributed by atoms with Gasteiger partial charge in [0.25, 0.3) is 0 Å². The zero-order valence-corrected chi connectivity index (χ0v) is 13.6. The van der Waals surface area contributed by atoms with Crippen molar-refractivity contribution in [3.05, 3.63) is 34.5 Å². The Morgan fingerprint density at radius 3 is 2.71 bits per heavy atom. The van der Waals surface area contributed by atoms with Crippen LogP contribution in [0.1, 0.15) is 45.0 Å². The molecular weight excluding hydrogens is 286 g/mol. The lowest BCUT2D eigenvalue weighted by atomic mass is 10.1. The van der Waals surface area contributed by atoms with Gasteiger partial charge in [-0.05, 0) is 51.2 Å². The molecule has 0 aromatic carbocycles. The second-order valence-corrected chi connectivity index (χ2v) is 6.09. The Morgan fingerprint density at radius 2 is 2.19 bits per heavy atom. The molecule has 0 aliphatic rings. The Bertz CT molecular complexity index is 628. The summed E-state index contributed by atoms with van der Waals surface area (Å²) in [5, 5.41) is 10.5. The van der Waals surface area contributed by atoms with Crippen LogP contribution in [0.4, 0.5) is 0 Å². The van der Waals surface area contributed by atoms with E-state index in [9.17, 15) is 4.79 Å². The third-order valence-corrected chi connectivity index (χ3v) is 4.22. The molecule has 1 unspecified atom stereocenters. The lowest BCUT2D eigenvalue weighted by Gasteiger charge is -2.13. The Hall–Kier alpha value is -1.60. The second kappa shape index (κ2) is 6.91. The van der Waals surface area contributed by atoms with E-state index in [-0.39, 0.29) is 17.8 Å². The number of aromatic amines is 1. The number of hydrogen-bond donors (Lipinski definition) is 2. The molecule has 0 radical (unpaired) electrons. The van der Waals surface area contributed by atoms with Crippen LogP contribution in [0.2, 0.25) is 0 Å². The first-order chi connectivity index (χ1) is 10.1. The van der Waals surface area contributed by atoms with Crippen molar-refractivity contribution in [3.8, 4) is 0 Å². The maximum Gasteiger partial charge on any atom is 0.344 e. The molecule has 0 spiro atoms. The lowest BCUT2D eigenvalue weighted by Crippen LogP contribution is -2.19. The number of nitrogens with one attached hydrogen (secondary N) is 2. The van der Waals surface area contributed by atoms with E-state index in [0.29, 0.717) is 5.16 Å². The molecule has 21 heavy (non-hydrogen) atoms. The normalized spacial score (nSPS) is 12.8. The summed E-state index contributed by atoms with van der Waals surface area (Å²) in [4.78, 5) is 17.2. The zero-order chi connectivity index (χ0) is 15.4. The summed E-state index contributed by atoms with van der Waals surface area (Å²) in [6.45, 7) is 6.04. The van der Waals surface area contributed by atoms with Crippen molar-refractivity contribution in [2.24, 2.45) is 0 Å². The zero-order valence-electron chi connectivity index (χ0n) is 12.8. The van der Waals surface area contributed by atoms with Gasteiger partial charge in [-0.25, -0.2) is 9.89 Å². The van der Waals surface area contributed by atoms with Gasteiger partial charge in [0.1, 0.15) is 0 Å². The van der Waals surface area contributed by atoms with E-state index in [1.54, 1.807) is 4.57 Å². The van der Waals surface area contributed by atoms with E-state index in [4.69, 9.17) is 0 Å². The van der Waals surface area contributed by atoms with E-state index >= 15 is 0 Å². The largest absolute Gasteiger partial charge is 0.344 e. The summed E-state index contributed by atoms with van der Waals surface area (Å²) in [5.74, 6) is 0. The lowest BCUT2D eigenvalue weighted by molar-refractivity contribution is 0.534. The summed E-state index contributed by atoms with van der Waals surface area (Å²) in [7, 11) is 1.93. The average molecular weight is 307 g/mol. The second-order valence-electron chi connectivity index (χ2n) is 5.05. The van der Waals surface area contributed by atoms with Gasteiger partial charge in [-0.3, -0.25) is 9.55 Å². The summed E-state index contributed by atoms with van der Waals surface area (Å²) in [5.41, 5.74) is 0.839. The highest BCUT2D eigenvalue weighted by Gasteiger charge is 2.13. The molecule has 2 aromatic rings. The van der Waals surface area contributed by atoms with E-state index in [1.807, 2.05) is 39.2 Å².